The van der Waals surface area contributed by atoms with E-state index in [2.05, 4.69) is 10.6 Å². The van der Waals surface area contributed by atoms with Crippen molar-refractivity contribution in [3.63, 3.8) is 0 Å². The molecule has 0 aromatic carbocycles. The number of aliphatic hydroxyl groups excluding tert-OH is 18. The fourth-order valence-electron chi connectivity index (χ4n) is 9.31. The van der Waals surface area contributed by atoms with Gasteiger partial charge in [-0.05, 0) is 0 Å². The molecule has 6 saturated heterocycles. The standard InChI is InChI=1S/C40H68N2O31/c1-9(49)41-17-31(70-38-27(59)24(56)19(51)11(3-43)66-38)20(52)12(4-44)64-36(17)73-34-23(55)15(7-47)68-40(29(34)61)71-32-18(42-10(2)50)37(65-13(5-45)21(32)53)72-33-22(54)14(6-46)67-39(28(33)60)69-30-16(8-48)63-35(62)26(58)25(30)57/h11-40,43-48,51-62H,3-8H2,1-2H3,(H,41,49)(H,42,50)/t11-,12-,13-,14-,15-,16-,17-,18-,19+,20-,21-,22+,23+,24+,25-,26-,27-,28-,29-,30-,31-,32-,33+,34+,35-,36+,37+,38+,39+,40+/m1/s1. The van der Waals surface area contributed by atoms with E-state index < -0.39 is 236 Å². The van der Waals surface area contributed by atoms with Crippen LogP contribution in [0.5, 0.6) is 0 Å². The molecule has 0 bridgehead atoms. The first-order chi connectivity index (χ1) is 34.5. The van der Waals surface area contributed by atoms with Gasteiger partial charge in [-0.3, -0.25) is 9.59 Å². The summed E-state index contributed by atoms with van der Waals surface area (Å²) in [4.78, 5) is 25.4. The third-order valence-electron chi connectivity index (χ3n) is 13.2. The SMILES string of the molecule is CC(=O)N[C@H]1[C@H](O[C@H]2[C@@H](O)[C@@H](CO)O[C@@H](O[C@H]3[C@H](O)[C@@H](CO)O[C@@H](O[C@H]4[C@@H](O)[C@@H](CO)O[C@@H](O[C@H]5[C@H](O)[C@@H](O)[C@H](O)O[C@@H]5CO)[C@@H]4O)[C@@H]3NC(C)=O)[C@@H]2O)O[C@H](CO)[C@@H](O)[C@@H]1O[C@@H]1O[C@H](CO)[C@H](O)[C@H](O)[C@H]1O. The molecule has 6 heterocycles. The van der Waals surface area contributed by atoms with Gasteiger partial charge in [-0.2, -0.15) is 0 Å². The summed E-state index contributed by atoms with van der Waals surface area (Å²) in [6, 6.07) is -3.56. The molecule has 6 fully saturated rings. The number of hydrogen-bond donors (Lipinski definition) is 20. The van der Waals surface area contributed by atoms with Crippen molar-refractivity contribution in [3.05, 3.63) is 0 Å². The highest BCUT2D eigenvalue weighted by Crippen LogP contribution is 2.37. The van der Waals surface area contributed by atoms with Gasteiger partial charge in [0.25, 0.3) is 0 Å². The lowest BCUT2D eigenvalue weighted by Gasteiger charge is -2.51. The quantitative estimate of drug-likeness (QED) is 0.0606. The fraction of sp³-hybridized carbons (Fsp3) is 0.950. The molecule has 424 valence electrons. The van der Waals surface area contributed by atoms with Crippen LogP contribution in [0.3, 0.4) is 0 Å². The van der Waals surface area contributed by atoms with E-state index in [-0.39, 0.29) is 0 Å². The minimum absolute atomic E-state index is 0.848. The van der Waals surface area contributed by atoms with E-state index in [1.807, 2.05) is 0 Å². The largest absolute Gasteiger partial charge is 0.394 e. The Balaban J connectivity index is 1.27. The maximum atomic E-state index is 12.8. The van der Waals surface area contributed by atoms with Crippen molar-refractivity contribution in [1.82, 2.24) is 10.6 Å². The Kier molecular flexibility index (Phi) is 21.3. The van der Waals surface area contributed by atoms with Crippen molar-refractivity contribution in [2.24, 2.45) is 0 Å². The number of hydrogen-bond acceptors (Lipinski definition) is 31. The average Bonchev–Trinajstić information content (AvgIpc) is 3.35. The lowest BCUT2D eigenvalue weighted by molar-refractivity contribution is -0.385. The summed E-state index contributed by atoms with van der Waals surface area (Å²) in [6.07, 6.45) is -53.9. The van der Waals surface area contributed by atoms with Gasteiger partial charge in [0.2, 0.25) is 11.8 Å². The highest BCUT2D eigenvalue weighted by atomic mass is 16.8. The predicted molar refractivity (Wildman–Crippen MR) is 222 cm³/mol. The minimum atomic E-state index is -2.27. The first-order valence-corrected chi connectivity index (χ1v) is 23.1. The Morgan fingerprint density at radius 1 is 0.329 bits per heavy atom. The molecule has 33 heteroatoms. The van der Waals surface area contributed by atoms with Gasteiger partial charge >= 0.3 is 0 Å². The van der Waals surface area contributed by atoms with Gasteiger partial charge < -0.3 is 155 Å². The first-order valence-electron chi connectivity index (χ1n) is 23.1. The molecule has 0 radical (unpaired) electrons. The van der Waals surface area contributed by atoms with Crippen LogP contribution in [0.2, 0.25) is 0 Å². The summed E-state index contributed by atoms with van der Waals surface area (Å²) in [5.41, 5.74) is 0. The Hall–Kier alpha value is -2.22. The zero-order valence-corrected chi connectivity index (χ0v) is 38.9. The molecule has 20 N–H and O–H groups in total. The topological polar surface area (TPSA) is 524 Å². The Labute approximate surface area is 413 Å². The fourth-order valence-corrected chi connectivity index (χ4v) is 9.31. The second-order valence-electron chi connectivity index (χ2n) is 18.2. The number of carbonyl (C=O) groups excluding carboxylic acids is 2. The van der Waals surface area contributed by atoms with E-state index in [9.17, 15) is 102 Å². The van der Waals surface area contributed by atoms with Gasteiger partial charge in [0, 0.05) is 13.8 Å². The van der Waals surface area contributed by atoms with Crippen molar-refractivity contribution in [1.29, 1.82) is 0 Å². The summed E-state index contributed by atoms with van der Waals surface area (Å²) in [6.45, 7) is -3.89. The van der Waals surface area contributed by atoms with E-state index in [1.165, 1.54) is 0 Å². The summed E-state index contributed by atoms with van der Waals surface area (Å²) < 4.78 is 62.8. The van der Waals surface area contributed by atoms with Crippen LogP contribution in [0, 0.1) is 0 Å². The van der Waals surface area contributed by atoms with E-state index in [0.717, 1.165) is 13.8 Å². The van der Waals surface area contributed by atoms with Crippen LogP contribution in [-0.2, 0) is 61.7 Å². The minimum Gasteiger partial charge on any atom is -0.394 e. The molecule has 30 atom stereocenters. The second kappa shape index (κ2) is 26.0. The van der Waals surface area contributed by atoms with Crippen LogP contribution in [0.25, 0.3) is 0 Å². The van der Waals surface area contributed by atoms with Crippen LogP contribution in [0.15, 0.2) is 0 Å². The third kappa shape index (κ3) is 12.9. The highest BCUT2D eigenvalue weighted by molar-refractivity contribution is 5.73. The van der Waals surface area contributed by atoms with Crippen LogP contribution >= 0.6 is 0 Å². The lowest BCUT2D eigenvalue weighted by Crippen LogP contribution is -2.71. The van der Waals surface area contributed by atoms with Crippen LogP contribution in [0.1, 0.15) is 13.8 Å². The lowest BCUT2D eigenvalue weighted by atomic mass is 9.93. The molecule has 6 aliphatic heterocycles. The van der Waals surface area contributed by atoms with E-state index in [1.54, 1.807) is 0 Å². The van der Waals surface area contributed by atoms with Crippen molar-refractivity contribution in [2.75, 3.05) is 39.6 Å². The van der Waals surface area contributed by atoms with Crippen molar-refractivity contribution in [3.8, 4) is 0 Å². The molecule has 0 aromatic heterocycles. The van der Waals surface area contributed by atoms with E-state index in [0.29, 0.717) is 0 Å². The van der Waals surface area contributed by atoms with Crippen LogP contribution in [-0.4, -0.2) is 327 Å². The molecule has 6 aliphatic rings. The summed E-state index contributed by atoms with van der Waals surface area (Å²) >= 11 is 0. The number of nitrogens with one attached hydrogen (secondary N) is 2. The zero-order valence-electron chi connectivity index (χ0n) is 38.9. The molecule has 2 amide bonds. The van der Waals surface area contributed by atoms with Crippen LogP contribution in [0.4, 0.5) is 0 Å². The van der Waals surface area contributed by atoms with E-state index >= 15 is 0 Å². The summed E-state index contributed by atoms with van der Waals surface area (Å²) in [5, 5.41) is 197. The van der Waals surface area contributed by atoms with Crippen molar-refractivity contribution in [2.45, 2.75) is 198 Å². The summed E-state index contributed by atoms with van der Waals surface area (Å²) in [5.74, 6) is -1.73. The third-order valence-corrected chi connectivity index (χ3v) is 13.2. The summed E-state index contributed by atoms with van der Waals surface area (Å²) in [7, 11) is 0. The smallest absolute Gasteiger partial charge is 0.217 e. The van der Waals surface area contributed by atoms with Gasteiger partial charge in [0.15, 0.2) is 37.7 Å². The number of ether oxygens (including phenoxy) is 11. The highest BCUT2D eigenvalue weighted by Gasteiger charge is 2.58. The van der Waals surface area contributed by atoms with Crippen molar-refractivity contribution >= 4 is 11.8 Å². The number of rotatable bonds is 18. The molecule has 0 aromatic rings. The molecule has 0 spiro atoms. The van der Waals surface area contributed by atoms with Gasteiger partial charge in [0.1, 0.15) is 146 Å². The number of carbonyl (C=O) groups is 2. The maximum absolute atomic E-state index is 12.8. The molecule has 33 nitrogen and oxygen atoms in total. The Morgan fingerprint density at radius 2 is 0.630 bits per heavy atom. The second-order valence-corrected chi connectivity index (χ2v) is 18.2. The number of amides is 2. The van der Waals surface area contributed by atoms with Gasteiger partial charge in [0.05, 0.1) is 39.6 Å². The average molecular weight is 1070 g/mol. The molecular weight excluding hydrogens is 1000 g/mol. The number of aliphatic hydroxyl groups is 18. The Bertz CT molecular complexity index is 1750. The molecule has 0 aliphatic carbocycles. The molecule has 0 saturated carbocycles. The monoisotopic (exact) mass is 1070 g/mol. The van der Waals surface area contributed by atoms with Gasteiger partial charge in [-0.15, -0.1) is 0 Å². The van der Waals surface area contributed by atoms with Crippen molar-refractivity contribution < 1.29 is 154 Å². The molecule has 0 unspecified atom stereocenters. The maximum Gasteiger partial charge on any atom is 0.217 e. The molecular formula is C40H68N2O31. The Morgan fingerprint density at radius 3 is 0.986 bits per heavy atom. The van der Waals surface area contributed by atoms with Gasteiger partial charge in [-0.25, -0.2) is 0 Å². The first kappa shape index (κ1) is 60.0. The zero-order chi connectivity index (χ0) is 53.9. The molecule has 6 rings (SSSR count). The molecule has 73 heavy (non-hydrogen) atoms. The predicted octanol–water partition coefficient (Wildman–Crippen LogP) is -13.8. The van der Waals surface area contributed by atoms with E-state index in [4.69, 9.17) is 52.1 Å². The van der Waals surface area contributed by atoms with Gasteiger partial charge in [-0.1, -0.05) is 0 Å². The van der Waals surface area contributed by atoms with Crippen LogP contribution < -0.4 is 10.6 Å². The normalized spacial score (nSPS) is 49.8.